The molecule has 0 aliphatic carbocycles. The van der Waals surface area contributed by atoms with E-state index in [-0.39, 0.29) is 26.7 Å². The smallest absolute Gasteiger partial charge is 0.460 e. The Balaban J connectivity index is 2.20. The van der Waals surface area contributed by atoms with E-state index < -0.39 is 36.5 Å². The van der Waals surface area contributed by atoms with Crippen LogP contribution in [0.3, 0.4) is 0 Å². The quantitative estimate of drug-likeness (QED) is 0.125. The number of allylic oxidation sites excluding steroid dienone is 1. The van der Waals surface area contributed by atoms with Crippen molar-refractivity contribution < 1.29 is 40.6 Å². The average molecular weight is 600 g/mol. The first-order valence-corrected chi connectivity index (χ1v) is 13.8. The van der Waals surface area contributed by atoms with Crippen molar-refractivity contribution in [3.63, 3.8) is 0 Å². The van der Waals surface area contributed by atoms with E-state index in [0.717, 1.165) is 0 Å². The van der Waals surface area contributed by atoms with Gasteiger partial charge in [-0.3, -0.25) is 0 Å². The number of hydrogen-bond acceptors (Lipinski definition) is 2. The highest BCUT2D eigenvalue weighted by Crippen LogP contribution is 2.65. The molecule has 0 fully saturated rings. The summed E-state index contributed by atoms with van der Waals surface area (Å²) < 4.78 is 105. The van der Waals surface area contributed by atoms with E-state index in [4.69, 9.17) is 16.3 Å². The second kappa shape index (κ2) is 11.1. The number of rotatable bonds is 8. The monoisotopic (exact) mass is 599 g/mol. The Morgan fingerprint density at radius 1 is 0.600 bits per heavy atom. The maximum absolute atomic E-state index is 15.3. The molecule has 0 saturated heterocycles. The van der Waals surface area contributed by atoms with Crippen LogP contribution in [0.15, 0.2) is 127 Å². The Labute approximate surface area is 230 Å². The standard InChI is InChI=1S/C29H19ClF7O2P/c30-20-16-18-21(19-17-20)39-26(25(38)27(31,32)28(33,34)29(35,36)37)40(22-10-4-1-5-11-22,23-12-6-2-7-13-23)24-14-8-3-9-15-24/h1-19H/p+1/b26-25-. The minimum absolute atomic E-state index is 0.214. The molecule has 1 N–H and O–H groups in total. The summed E-state index contributed by atoms with van der Waals surface area (Å²) in [5.74, 6) is -15.5. The van der Waals surface area contributed by atoms with E-state index in [1.165, 1.54) is 60.7 Å². The van der Waals surface area contributed by atoms with Gasteiger partial charge in [-0.05, 0) is 60.7 Å². The first-order valence-electron chi connectivity index (χ1n) is 11.6. The van der Waals surface area contributed by atoms with E-state index in [2.05, 4.69) is 0 Å². The van der Waals surface area contributed by atoms with Crippen molar-refractivity contribution in [2.24, 2.45) is 0 Å². The van der Waals surface area contributed by atoms with Crippen molar-refractivity contribution >= 4 is 34.8 Å². The fourth-order valence-electron chi connectivity index (χ4n) is 4.10. The summed E-state index contributed by atoms with van der Waals surface area (Å²) in [6.07, 6.45) is -6.69. The van der Waals surface area contributed by atoms with Gasteiger partial charge in [-0.1, -0.05) is 66.2 Å². The molecule has 0 bridgehead atoms. The lowest BCUT2D eigenvalue weighted by molar-refractivity contribution is -0.349. The molecule has 0 saturated carbocycles. The summed E-state index contributed by atoms with van der Waals surface area (Å²) >= 11 is 5.92. The highest BCUT2D eigenvalue weighted by atomic mass is 35.5. The fourth-order valence-corrected chi connectivity index (χ4v) is 8.39. The lowest BCUT2D eigenvalue weighted by Crippen LogP contribution is -2.53. The molecule has 0 heterocycles. The van der Waals surface area contributed by atoms with Crippen molar-refractivity contribution in [2.45, 2.75) is 18.0 Å². The van der Waals surface area contributed by atoms with Crippen LogP contribution >= 0.6 is 18.9 Å². The molecule has 0 aliphatic rings. The van der Waals surface area contributed by atoms with Crippen LogP contribution in [0.5, 0.6) is 5.75 Å². The summed E-state index contributed by atoms with van der Waals surface area (Å²) in [6.45, 7) is 0. The summed E-state index contributed by atoms with van der Waals surface area (Å²) in [4.78, 5) is 0. The van der Waals surface area contributed by atoms with Crippen LogP contribution in [0.2, 0.25) is 5.02 Å². The first kappa shape index (κ1) is 29.4. The fraction of sp³-hybridized carbons (Fsp3) is 0.103. The molecular formula is C29H20ClF7O2P+. The molecule has 0 radical (unpaired) electrons. The van der Waals surface area contributed by atoms with Gasteiger partial charge in [0.15, 0.2) is 7.26 Å². The van der Waals surface area contributed by atoms with Gasteiger partial charge in [0.1, 0.15) is 21.7 Å². The molecule has 4 rings (SSSR count). The largest absolute Gasteiger partial charge is 0.501 e. The number of ether oxygens (including phenoxy) is 1. The van der Waals surface area contributed by atoms with Crippen molar-refractivity contribution in [2.75, 3.05) is 0 Å². The summed E-state index contributed by atoms with van der Waals surface area (Å²) in [7, 11) is -3.92. The number of hydrogen-bond donors (Lipinski definition) is 1. The molecule has 0 spiro atoms. The van der Waals surface area contributed by atoms with E-state index >= 15 is 8.78 Å². The van der Waals surface area contributed by atoms with Crippen molar-refractivity contribution in [3.8, 4) is 5.75 Å². The zero-order valence-electron chi connectivity index (χ0n) is 20.3. The minimum Gasteiger partial charge on any atom is -0.501 e. The third-order valence-electron chi connectivity index (χ3n) is 6.01. The zero-order valence-corrected chi connectivity index (χ0v) is 21.9. The minimum atomic E-state index is -6.69. The Morgan fingerprint density at radius 2 is 0.975 bits per heavy atom. The Morgan fingerprint density at radius 3 is 1.32 bits per heavy atom. The number of benzene rings is 4. The molecule has 4 aromatic carbocycles. The normalized spacial score (nSPS) is 13.5. The Hall–Kier alpha value is -3.55. The number of halogens is 8. The van der Waals surface area contributed by atoms with Crippen LogP contribution < -0.4 is 20.7 Å². The summed E-state index contributed by atoms with van der Waals surface area (Å²) in [6, 6.07) is 28.2. The van der Waals surface area contributed by atoms with Gasteiger partial charge in [-0.25, -0.2) is 0 Å². The molecule has 0 amide bonds. The van der Waals surface area contributed by atoms with Gasteiger partial charge in [-0.2, -0.15) is 30.7 Å². The summed E-state index contributed by atoms with van der Waals surface area (Å²) in [5.41, 5.74) is -1.15. The molecule has 208 valence electrons. The van der Waals surface area contributed by atoms with Crippen molar-refractivity contribution in [1.29, 1.82) is 0 Å². The molecule has 4 aromatic rings. The van der Waals surface area contributed by atoms with E-state index in [0.29, 0.717) is 0 Å². The highest BCUT2D eigenvalue weighted by molar-refractivity contribution is 7.98. The predicted molar refractivity (Wildman–Crippen MR) is 143 cm³/mol. The van der Waals surface area contributed by atoms with Crippen LogP contribution in [0.1, 0.15) is 0 Å². The topological polar surface area (TPSA) is 29.5 Å². The second-order valence-electron chi connectivity index (χ2n) is 8.53. The molecule has 0 unspecified atom stereocenters. The van der Waals surface area contributed by atoms with Crippen molar-refractivity contribution in [3.05, 3.63) is 132 Å². The SMILES string of the molecule is O/C(=C(/Oc1ccc(Cl)cc1)[P+](c1ccccc1)(c1ccccc1)c1ccccc1)C(F)(F)C(F)(F)C(F)(F)F. The third kappa shape index (κ3) is 5.16. The van der Waals surface area contributed by atoms with Crippen LogP contribution in [0.25, 0.3) is 0 Å². The molecule has 0 atom stereocenters. The van der Waals surface area contributed by atoms with Crippen molar-refractivity contribution in [1.82, 2.24) is 0 Å². The number of aliphatic hydroxyl groups excluding tert-OH is 1. The second-order valence-corrected chi connectivity index (χ2v) is 12.3. The summed E-state index contributed by atoms with van der Waals surface area (Å²) in [5, 5.41) is 11.9. The Kier molecular flexibility index (Phi) is 8.20. The van der Waals surface area contributed by atoms with E-state index in [1.54, 1.807) is 54.6 Å². The van der Waals surface area contributed by atoms with Gasteiger partial charge in [0.2, 0.25) is 0 Å². The number of alkyl halides is 7. The molecule has 2 nitrogen and oxygen atoms in total. The lowest BCUT2D eigenvalue weighted by atomic mass is 10.1. The van der Waals surface area contributed by atoms with Crippen LogP contribution in [-0.2, 0) is 0 Å². The Bertz CT molecular complexity index is 1360. The van der Waals surface area contributed by atoms with Gasteiger partial charge in [0.25, 0.3) is 5.76 Å². The first-order chi connectivity index (χ1) is 18.8. The average Bonchev–Trinajstić information content (AvgIpc) is 2.94. The van der Waals surface area contributed by atoms with Gasteiger partial charge < -0.3 is 9.84 Å². The maximum atomic E-state index is 15.3. The third-order valence-corrected chi connectivity index (χ3v) is 10.4. The van der Waals surface area contributed by atoms with E-state index in [9.17, 15) is 27.1 Å². The van der Waals surface area contributed by atoms with Crippen LogP contribution in [-0.4, -0.2) is 23.1 Å². The van der Waals surface area contributed by atoms with Crippen LogP contribution in [0, 0.1) is 0 Å². The maximum Gasteiger partial charge on any atom is 0.460 e. The van der Waals surface area contributed by atoms with Gasteiger partial charge in [-0.15, -0.1) is 0 Å². The van der Waals surface area contributed by atoms with Gasteiger partial charge in [0, 0.05) is 5.02 Å². The van der Waals surface area contributed by atoms with Gasteiger partial charge >= 0.3 is 23.5 Å². The predicted octanol–water partition coefficient (Wildman–Crippen LogP) is 8.27. The number of aliphatic hydroxyl groups is 1. The van der Waals surface area contributed by atoms with Gasteiger partial charge in [0.05, 0.1) is 0 Å². The van der Waals surface area contributed by atoms with Crippen LogP contribution in [0.4, 0.5) is 30.7 Å². The highest BCUT2D eigenvalue weighted by Gasteiger charge is 2.77. The van der Waals surface area contributed by atoms with E-state index in [1.807, 2.05) is 0 Å². The molecule has 11 heteroatoms. The zero-order chi connectivity index (χ0) is 29.2. The molecule has 0 aromatic heterocycles. The molecular weight excluding hydrogens is 580 g/mol. The molecule has 0 aliphatic heterocycles. The molecule has 40 heavy (non-hydrogen) atoms. The lowest BCUT2D eigenvalue weighted by Gasteiger charge is -2.32.